The van der Waals surface area contributed by atoms with Gasteiger partial charge >= 0.3 is 0 Å². The van der Waals surface area contributed by atoms with Crippen LogP contribution in [-0.2, 0) is 23.2 Å². The van der Waals surface area contributed by atoms with Gasteiger partial charge in [0.15, 0.2) is 23.0 Å². The summed E-state index contributed by atoms with van der Waals surface area (Å²) >= 11 is 0. The Hall–Kier alpha value is -4.03. The van der Waals surface area contributed by atoms with Crippen molar-refractivity contribution in [2.45, 2.75) is 107 Å². The molecule has 3 aromatic carbocycles. The minimum absolute atomic E-state index is 0.0281. The number of carbonyl (C=O) groups excluding carboxylic acids is 1. The minimum Gasteiger partial charge on any atom is -0.504 e. The topological polar surface area (TPSA) is 139 Å². The lowest BCUT2D eigenvalue weighted by Gasteiger charge is -2.68. The zero-order chi connectivity index (χ0) is 37.4. The van der Waals surface area contributed by atoms with Gasteiger partial charge in [-0.25, -0.2) is 0 Å². The van der Waals surface area contributed by atoms with Gasteiger partial charge in [-0.05, 0) is 120 Å². The molecule has 0 radical (unpaired) electrons. The predicted molar refractivity (Wildman–Crippen MR) is 204 cm³/mol. The van der Waals surface area contributed by atoms with Crippen LogP contribution in [0.5, 0.6) is 23.0 Å². The molecule has 6 N–H and O–H groups in total. The molecule has 0 aromatic heterocycles. The van der Waals surface area contributed by atoms with Gasteiger partial charge in [0.1, 0.15) is 5.78 Å². The van der Waals surface area contributed by atoms with Gasteiger partial charge in [-0.3, -0.25) is 4.79 Å². The van der Waals surface area contributed by atoms with E-state index < -0.39 is 17.4 Å². The number of methoxy groups -OCH3 is 1. The number of phenols is 3. The summed E-state index contributed by atoms with van der Waals surface area (Å²) in [7, 11) is 1.49. The van der Waals surface area contributed by atoms with Gasteiger partial charge in [0.25, 0.3) is 0 Å². The average Bonchev–Trinajstić information content (AvgIpc) is 3.64. The van der Waals surface area contributed by atoms with Crippen LogP contribution in [0.4, 0.5) is 0 Å². The van der Waals surface area contributed by atoms with E-state index in [1.54, 1.807) is 6.07 Å². The first-order chi connectivity index (χ1) is 26.2. The SMILES string of the molecule is COc1cc([C@@H]2CC(=O)C[C@H](O)[C@H]3[C@@H](C#C[C@@H]2Cc2ccccc2)CN[C@H]2CCC4CC5(CCCC5)[C@H]5C[C@H]4[C@@]32c2cc(O)c(O)cc25)c(CO)cc1O. The zero-order valence-corrected chi connectivity index (χ0v) is 31.1. The number of nitrogens with one attached hydrogen (secondary N) is 1. The number of aliphatic hydroxyl groups is 2. The minimum atomic E-state index is -0.971. The Kier molecular flexibility index (Phi) is 8.99. The largest absolute Gasteiger partial charge is 0.504 e. The Bertz CT molecular complexity index is 1990. The molecule has 6 aliphatic rings. The quantitative estimate of drug-likeness (QED) is 0.128. The van der Waals surface area contributed by atoms with Crippen LogP contribution < -0.4 is 10.1 Å². The third kappa shape index (κ3) is 5.48. The summed E-state index contributed by atoms with van der Waals surface area (Å²) in [4.78, 5) is 14.5. The standard InChI is InChI=1S/C46H53NO7/c1-54-42-20-33(30(25-48)16-40(42)52)32-17-31(49)18-41(53)44-29(10-9-27(32)15-26-7-3-2-4-8-26)24-47-43-12-11-28-23-45(13-5-6-14-45)36-21-35(28)46(43,44)37-22-39(51)38(50)19-34(36)37/h2-4,7-8,16,19-20,22,27-29,32,35-36,41,43-44,47-48,50-53H,5-6,11-15,17-18,21,23-25H2,1H3/t27-,28?,29+,32-,35-,36+,41+,43+,44-,46+/m1/s1. The molecular weight excluding hydrogens is 679 g/mol. The van der Waals surface area contributed by atoms with Gasteiger partial charge in [0.2, 0.25) is 0 Å². The van der Waals surface area contributed by atoms with E-state index >= 15 is 0 Å². The van der Waals surface area contributed by atoms with E-state index in [4.69, 9.17) is 4.74 Å². The van der Waals surface area contributed by atoms with Crippen LogP contribution in [0.2, 0.25) is 0 Å². The lowest BCUT2D eigenvalue weighted by molar-refractivity contribution is -0.132. The van der Waals surface area contributed by atoms with Crippen LogP contribution >= 0.6 is 0 Å². The molecule has 284 valence electrons. The van der Waals surface area contributed by atoms with Crippen LogP contribution in [0.25, 0.3) is 0 Å². The number of aliphatic hydroxyl groups excluding tert-OH is 2. The third-order valence-electron chi connectivity index (χ3n) is 15.2. The molecule has 54 heavy (non-hydrogen) atoms. The number of piperidine rings is 1. The Balaban J connectivity index is 1.22. The highest BCUT2D eigenvalue weighted by Gasteiger charge is 2.68. The second-order valence-corrected chi connectivity index (χ2v) is 17.5. The summed E-state index contributed by atoms with van der Waals surface area (Å²) in [6.45, 7) is 0.258. The average molecular weight is 732 g/mol. The van der Waals surface area contributed by atoms with Crippen molar-refractivity contribution in [2.75, 3.05) is 13.7 Å². The number of carbonyl (C=O) groups is 1. The van der Waals surface area contributed by atoms with Gasteiger partial charge in [-0.15, -0.1) is 0 Å². The predicted octanol–water partition coefficient (Wildman–Crippen LogP) is 6.59. The molecule has 0 amide bonds. The van der Waals surface area contributed by atoms with Gasteiger partial charge in [0, 0.05) is 54.5 Å². The number of benzene rings is 3. The van der Waals surface area contributed by atoms with E-state index in [0.29, 0.717) is 30.0 Å². The first-order valence-corrected chi connectivity index (χ1v) is 20.2. The van der Waals surface area contributed by atoms with Crippen molar-refractivity contribution in [1.29, 1.82) is 0 Å². The lowest BCUT2D eigenvalue weighted by Crippen LogP contribution is -2.72. The van der Waals surface area contributed by atoms with E-state index in [0.717, 1.165) is 42.4 Å². The van der Waals surface area contributed by atoms with Crippen molar-refractivity contribution in [3.63, 3.8) is 0 Å². The molecule has 1 unspecified atom stereocenters. The van der Waals surface area contributed by atoms with Crippen LogP contribution in [0, 0.1) is 46.8 Å². The molecule has 1 heterocycles. The van der Waals surface area contributed by atoms with Gasteiger partial charge in [-0.1, -0.05) is 55.0 Å². The monoisotopic (exact) mass is 731 g/mol. The first kappa shape index (κ1) is 35.7. The second kappa shape index (κ2) is 13.6. The molecule has 3 saturated carbocycles. The van der Waals surface area contributed by atoms with Gasteiger partial charge < -0.3 is 35.6 Å². The molecule has 8 nitrogen and oxygen atoms in total. The van der Waals surface area contributed by atoms with Crippen molar-refractivity contribution in [3.8, 4) is 34.8 Å². The summed E-state index contributed by atoms with van der Waals surface area (Å²) in [6.07, 6.45) is 8.75. The molecule has 8 heteroatoms. The van der Waals surface area contributed by atoms with Crippen molar-refractivity contribution >= 4 is 5.78 Å². The van der Waals surface area contributed by atoms with Crippen molar-refractivity contribution in [2.24, 2.45) is 35.0 Å². The van der Waals surface area contributed by atoms with Gasteiger partial charge in [0.05, 0.1) is 19.8 Å². The molecule has 5 aliphatic carbocycles. The van der Waals surface area contributed by atoms with E-state index in [2.05, 4.69) is 29.3 Å². The molecule has 2 bridgehead atoms. The molecular formula is C46H53NO7. The number of ether oxygens (including phenoxy) is 1. The number of rotatable bonds is 5. The number of ketones is 1. The zero-order valence-electron chi connectivity index (χ0n) is 31.1. The Morgan fingerprint density at radius 1 is 0.926 bits per heavy atom. The molecule has 2 spiro atoms. The van der Waals surface area contributed by atoms with E-state index in [-0.39, 0.29) is 89.3 Å². The summed E-state index contributed by atoms with van der Waals surface area (Å²) < 4.78 is 5.51. The van der Waals surface area contributed by atoms with Crippen molar-refractivity contribution < 1.29 is 35.1 Å². The van der Waals surface area contributed by atoms with Crippen LogP contribution in [0.15, 0.2) is 54.6 Å². The number of hydrogen-bond donors (Lipinski definition) is 6. The van der Waals surface area contributed by atoms with E-state index in [1.165, 1.54) is 38.9 Å². The summed E-state index contributed by atoms with van der Waals surface area (Å²) in [5.41, 5.74) is 4.12. The van der Waals surface area contributed by atoms with Gasteiger partial charge in [-0.2, -0.15) is 0 Å². The molecule has 9 rings (SSSR count). The maximum absolute atomic E-state index is 14.5. The summed E-state index contributed by atoms with van der Waals surface area (Å²) in [6, 6.07) is 17.1. The maximum Gasteiger partial charge on any atom is 0.160 e. The highest BCUT2D eigenvalue weighted by atomic mass is 16.5. The number of aromatic hydroxyl groups is 3. The van der Waals surface area contributed by atoms with Crippen LogP contribution in [-0.4, -0.2) is 57.1 Å². The Morgan fingerprint density at radius 2 is 1.70 bits per heavy atom. The second-order valence-electron chi connectivity index (χ2n) is 17.5. The summed E-state index contributed by atoms with van der Waals surface area (Å²) in [5.74, 6) is 7.00. The van der Waals surface area contributed by atoms with Crippen LogP contribution in [0.1, 0.15) is 104 Å². The first-order valence-electron chi connectivity index (χ1n) is 20.2. The van der Waals surface area contributed by atoms with Crippen molar-refractivity contribution in [3.05, 3.63) is 82.4 Å². The smallest absolute Gasteiger partial charge is 0.160 e. The highest BCUT2D eigenvalue weighted by Crippen LogP contribution is 2.72. The Morgan fingerprint density at radius 3 is 2.46 bits per heavy atom. The normalized spacial score (nSPS) is 34.9. The molecule has 10 atom stereocenters. The number of hydrogen-bond acceptors (Lipinski definition) is 8. The molecule has 4 fully saturated rings. The maximum atomic E-state index is 14.5. The number of fused-ring (bicyclic) bond motifs is 5. The van der Waals surface area contributed by atoms with E-state index in [9.17, 15) is 30.3 Å². The van der Waals surface area contributed by atoms with E-state index in [1.807, 2.05) is 30.3 Å². The fourth-order valence-electron chi connectivity index (χ4n) is 13.2. The Labute approximate surface area is 318 Å². The fraction of sp³-hybridized carbons (Fsp3) is 0.543. The summed E-state index contributed by atoms with van der Waals surface area (Å²) in [5, 5.41) is 60.0. The number of phenolic OH excluding ortho intramolecular Hbond substituents is 3. The molecule has 1 saturated heterocycles. The third-order valence-corrected chi connectivity index (χ3v) is 15.2. The van der Waals surface area contributed by atoms with Crippen molar-refractivity contribution in [1.82, 2.24) is 5.32 Å². The molecule has 3 aromatic rings. The molecule has 1 aliphatic heterocycles. The lowest BCUT2D eigenvalue weighted by atomic mass is 9.37. The fourth-order valence-corrected chi connectivity index (χ4v) is 13.2. The highest BCUT2D eigenvalue weighted by molar-refractivity contribution is 5.80. The van der Waals surface area contributed by atoms with Crippen LogP contribution in [0.3, 0.4) is 0 Å². The number of Topliss-reactive ketones (excluding diaryl/α,β-unsaturated/α-hetero) is 1.